The Balaban J connectivity index is 1.35. The van der Waals surface area contributed by atoms with E-state index in [4.69, 9.17) is 4.74 Å². The van der Waals surface area contributed by atoms with E-state index in [1.54, 1.807) is 0 Å². The minimum absolute atomic E-state index is 0.0455. The van der Waals surface area contributed by atoms with Gasteiger partial charge in [-0.1, -0.05) is 22.0 Å². The number of halogens is 1. The number of nitrogens with one attached hydrogen (secondary N) is 2. The van der Waals surface area contributed by atoms with Crippen molar-refractivity contribution in [3.05, 3.63) is 28.7 Å². The van der Waals surface area contributed by atoms with Gasteiger partial charge in [-0.3, -0.25) is 0 Å². The zero-order valence-corrected chi connectivity index (χ0v) is 15.7. The van der Waals surface area contributed by atoms with Crippen molar-refractivity contribution in [2.75, 3.05) is 31.1 Å². The van der Waals surface area contributed by atoms with Crippen LogP contribution in [-0.4, -0.2) is 44.4 Å². The van der Waals surface area contributed by atoms with Crippen molar-refractivity contribution in [1.82, 2.24) is 10.6 Å². The van der Waals surface area contributed by atoms with E-state index in [1.807, 2.05) is 13.0 Å². The fourth-order valence-electron chi connectivity index (χ4n) is 3.44. The third kappa shape index (κ3) is 4.63. The highest BCUT2D eigenvalue weighted by Crippen LogP contribution is 2.26. The van der Waals surface area contributed by atoms with Gasteiger partial charge in [0.2, 0.25) is 0 Å². The average molecular weight is 396 g/mol. The second kappa shape index (κ2) is 8.21. The highest BCUT2D eigenvalue weighted by molar-refractivity contribution is 9.10. The van der Waals surface area contributed by atoms with Crippen LogP contribution in [0.25, 0.3) is 0 Å². The number of hydrogen-bond acceptors (Lipinski definition) is 3. The van der Waals surface area contributed by atoms with E-state index in [0.29, 0.717) is 12.0 Å². The molecule has 0 aromatic heterocycles. The van der Waals surface area contributed by atoms with E-state index >= 15 is 0 Å². The third-order valence-electron chi connectivity index (χ3n) is 4.84. The monoisotopic (exact) mass is 395 g/mol. The second-order valence-electron chi connectivity index (χ2n) is 6.68. The van der Waals surface area contributed by atoms with Gasteiger partial charge in [-0.25, -0.2) is 4.79 Å². The number of ether oxygens (including phenoxy) is 1. The number of benzene rings is 1. The molecule has 0 spiro atoms. The number of nitrogens with zero attached hydrogens (tertiary/aromatic N) is 1. The van der Waals surface area contributed by atoms with Crippen molar-refractivity contribution < 1.29 is 9.53 Å². The molecule has 3 rings (SSSR count). The number of rotatable bonds is 6. The van der Waals surface area contributed by atoms with Crippen LogP contribution in [0, 0.1) is 5.92 Å². The number of carbonyl (C=O) groups is 1. The van der Waals surface area contributed by atoms with Gasteiger partial charge in [0.05, 0.1) is 6.10 Å². The fraction of sp³-hybridized carbons (Fsp3) is 0.611. The maximum atomic E-state index is 12.0. The molecule has 1 aromatic carbocycles. The van der Waals surface area contributed by atoms with E-state index in [2.05, 4.69) is 49.7 Å². The predicted molar refractivity (Wildman–Crippen MR) is 99.4 cm³/mol. The highest BCUT2D eigenvalue weighted by Gasteiger charge is 2.31. The van der Waals surface area contributed by atoms with Gasteiger partial charge in [-0.15, -0.1) is 0 Å². The lowest BCUT2D eigenvalue weighted by molar-refractivity contribution is -0.00709. The highest BCUT2D eigenvalue weighted by atomic mass is 79.9. The summed E-state index contributed by atoms with van der Waals surface area (Å²) in [5, 5.41) is 6.06. The molecule has 2 N–H and O–H groups in total. The molecule has 1 aliphatic carbocycles. The summed E-state index contributed by atoms with van der Waals surface area (Å²) in [6.07, 6.45) is 3.31. The average Bonchev–Trinajstić information content (AvgIpc) is 3.00. The van der Waals surface area contributed by atoms with E-state index in [1.165, 1.54) is 5.69 Å². The molecule has 1 aromatic rings. The van der Waals surface area contributed by atoms with Crippen molar-refractivity contribution in [2.45, 2.75) is 38.3 Å². The molecule has 0 bridgehead atoms. The topological polar surface area (TPSA) is 53.6 Å². The number of amides is 2. The molecule has 24 heavy (non-hydrogen) atoms. The zero-order valence-electron chi connectivity index (χ0n) is 14.1. The van der Waals surface area contributed by atoms with Crippen LogP contribution in [0.2, 0.25) is 0 Å². The Hall–Kier alpha value is -1.27. The van der Waals surface area contributed by atoms with Crippen molar-refractivity contribution in [2.24, 2.45) is 5.92 Å². The molecule has 0 radical (unpaired) electrons. The molecule has 5 nitrogen and oxygen atoms in total. The van der Waals surface area contributed by atoms with Crippen LogP contribution in [-0.2, 0) is 4.74 Å². The van der Waals surface area contributed by atoms with Crippen LogP contribution in [0.1, 0.15) is 26.2 Å². The SMILES string of the molecule is CCOC1CC(NC(=O)NCC2CCN(c3cccc(Br)c3)C2)C1. The van der Waals surface area contributed by atoms with Gasteiger partial charge in [0, 0.05) is 42.4 Å². The molecule has 1 atom stereocenters. The quantitative estimate of drug-likeness (QED) is 0.777. The number of urea groups is 1. The molecule has 2 amide bonds. The Labute approximate surface area is 152 Å². The first-order valence-corrected chi connectivity index (χ1v) is 9.59. The van der Waals surface area contributed by atoms with Gasteiger partial charge in [0.1, 0.15) is 0 Å². The first-order chi connectivity index (χ1) is 11.6. The minimum Gasteiger partial charge on any atom is -0.378 e. The van der Waals surface area contributed by atoms with E-state index in [-0.39, 0.29) is 12.1 Å². The third-order valence-corrected chi connectivity index (χ3v) is 5.34. The maximum Gasteiger partial charge on any atom is 0.315 e. The molecule has 132 valence electrons. The molecule has 1 heterocycles. The molecule has 6 heteroatoms. The lowest BCUT2D eigenvalue weighted by Gasteiger charge is -2.35. The summed E-state index contributed by atoms with van der Waals surface area (Å²) in [4.78, 5) is 14.4. The van der Waals surface area contributed by atoms with Crippen molar-refractivity contribution in [1.29, 1.82) is 0 Å². The Kier molecular flexibility index (Phi) is 6.00. The molecule has 2 fully saturated rings. The summed E-state index contributed by atoms with van der Waals surface area (Å²) in [7, 11) is 0. The van der Waals surface area contributed by atoms with E-state index in [0.717, 1.165) is 50.0 Å². The lowest BCUT2D eigenvalue weighted by atomic mass is 9.89. The normalized spacial score (nSPS) is 26.1. The van der Waals surface area contributed by atoms with Crippen LogP contribution in [0.4, 0.5) is 10.5 Å². The molecule has 1 saturated heterocycles. The molecule has 1 unspecified atom stereocenters. The molecule has 2 aliphatic rings. The van der Waals surface area contributed by atoms with Gasteiger partial charge >= 0.3 is 6.03 Å². The van der Waals surface area contributed by atoms with E-state index < -0.39 is 0 Å². The smallest absolute Gasteiger partial charge is 0.315 e. The maximum absolute atomic E-state index is 12.0. The number of hydrogen-bond donors (Lipinski definition) is 2. The van der Waals surface area contributed by atoms with Crippen LogP contribution < -0.4 is 15.5 Å². The Bertz CT molecular complexity index is 563. The summed E-state index contributed by atoms with van der Waals surface area (Å²) in [6, 6.07) is 8.61. The molecule has 1 aliphatic heterocycles. The Morgan fingerprint density at radius 3 is 3.00 bits per heavy atom. The Morgan fingerprint density at radius 1 is 1.42 bits per heavy atom. The summed E-state index contributed by atoms with van der Waals surface area (Å²) >= 11 is 3.52. The van der Waals surface area contributed by atoms with Gasteiger partial charge in [-0.05, 0) is 50.3 Å². The van der Waals surface area contributed by atoms with Crippen molar-refractivity contribution in [3.8, 4) is 0 Å². The van der Waals surface area contributed by atoms with E-state index in [9.17, 15) is 4.79 Å². The van der Waals surface area contributed by atoms with Crippen LogP contribution in [0.15, 0.2) is 28.7 Å². The molecular formula is C18H26BrN3O2. The Morgan fingerprint density at radius 2 is 2.25 bits per heavy atom. The standard InChI is InChI=1S/C18H26BrN3O2/c1-2-24-17-9-15(10-17)21-18(23)20-11-13-6-7-22(12-13)16-5-3-4-14(19)8-16/h3-5,8,13,15,17H,2,6-7,9-12H2,1H3,(H2,20,21,23). The van der Waals surface area contributed by atoms with Crippen LogP contribution in [0.5, 0.6) is 0 Å². The minimum atomic E-state index is -0.0455. The lowest BCUT2D eigenvalue weighted by Crippen LogP contribution is -2.51. The summed E-state index contributed by atoms with van der Waals surface area (Å²) in [6.45, 7) is 5.53. The first-order valence-electron chi connectivity index (χ1n) is 8.80. The van der Waals surface area contributed by atoms with Crippen LogP contribution in [0.3, 0.4) is 0 Å². The fourth-order valence-corrected chi connectivity index (χ4v) is 3.82. The molecule has 1 saturated carbocycles. The molecular weight excluding hydrogens is 370 g/mol. The van der Waals surface area contributed by atoms with Gasteiger partial charge < -0.3 is 20.3 Å². The van der Waals surface area contributed by atoms with Crippen LogP contribution >= 0.6 is 15.9 Å². The van der Waals surface area contributed by atoms with Gasteiger partial charge in [-0.2, -0.15) is 0 Å². The van der Waals surface area contributed by atoms with Gasteiger partial charge in [0.25, 0.3) is 0 Å². The van der Waals surface area contributed by atoms with Crippen molar-refractivity contribution in [3.63, 3.8) is 0 Å². The number of anilines is 1. The first kappa shape index (κ1) is 17.5. The largest absolute Gasteiger partial charge is 0.378 e. The summed E-state index contributed by atoms with van der Waals surface area (Å²) in [5.74, 6) is 0.507. The summed E-state index contributed by atoms with van der Waals surface area (Å²) < 4.78 is 6.62. The second-order valence-corrected chi connectivity index (χ2v) is 7.60. The summed E-state index contributed by atoms with van der Waals surface area (Å²) in [5.41, 5.74) is 1.24. The zero-order chi connectivity index (χ0) is 16.9. The predicted octanol–water partition coefficient (Wildman–Crippen LogP) is 3.14. The van der Waals surface area contributed by atoms with Gasteiger partial charge in [0.15, 0.2) is 0 Å². The number of carbonyl (C=O) groups excluding carboxylic acids is 1. The van der Waals surface area contributed by atoms with Crippen molar-refractivity contribution >= 4 is 27.6 Å².